The molecule has 0 aliphatic heterocycles. The number of carboxylic acid groups (broad SMARTS) is 3. The fourth-order valence-electron chi connectivity index (χ4n) is 0. The van der Waals surface area contributed by atoms with Gasteiger partial charge in [0, 0.05) is 40.2 Å². The van der Waals surface area contributed by atoms with Crippen molar-refractivity contribution < 1.29 is 49.2 Å². The summed E-state index contributed by atoms with van der Waals surface area (Å²) in [5, 5.41) is 22.2. The molecule has 0 aromatic rings. The minimum absolute atomic E-state index is 0. The zero-order valence-corrected chi connectivity index (χ0v) is 9.16. The fraction of sp³-hybridized carbons (Fsp3) is 0.500. The summed E-state index contributed by atoms with van der Waals surface area (Å²) in [6.07, 6.45) is 0. The van der Waals surface area contributed by atoms with Crippen molar-refractivity contribution in [2.75, 3.05) is 0 Å². The van der Waals surface area contributed by atoms with Crippen LogP contribution in [0.2, 0.25) is 0 Å². The predicted molar refractivity (Wildman–Crippen MR) is 39.9 cm³/mol. The Morgan fingerprint density at radius 3 is 0.692 bits per heavy atom. The number of carbonyl (C=O) groups is 3. The minimum atomic E-state index is -0.833. The maximum Gasteiger partial charge on any atom is 0.300 e. The van der Waals surface area contributed by atoms with Crippen molar-refractivity contribution >= 4 is 17.9 Å². The molecule has 0 amide bonds. The summed E-state index contributed by atoms with van der Waals surface area (Å²) in [7, 11) is 0. The number of carboxylic acids is 3. The van der Waals surface area contributed by atoms with Crippen LogP contribution in [0.3, 0.4) is 0 Å². The van der Waals surface area contributed by atoms with Crippen LogP contribution in [0.25, 0.3) is 0 Å². The van der Waals surface area contributed by atoms with Gasteiger partial charge in [-0.1, -0.05) is 0 Å². The van der Waals surface area contributed by atoms with Gasteiger partial charge in [-0.05, 0) is 0 Å². The molecule has 0 fully saturated rings. The Balaban J connectivity index is -0.0000000450. The van der Waals surface area contributed by atoms with Gasteiger partial charge in [-0.15, -0.1) is 0 Å². The van der Waals surface area contributed by atoms with E-state index < -0.39 is 17.9 Å². The molecule has 13 heavy (non-hydrogen) atoms. The first-order valence-electron chi connectivity index (χ1n) is 2.78. The van der Waals surface area contributed by atoms with Gasteiger partial charge < -0.3 is 15.3 Å². The van der Waals surface area contributed by atoms with E-state index in [-0.39, 0.29) is 19.5 Å². The Morgan fingerprint density at radius 1 is 0.692 bits per heavy atom. The number of hydrogen-bond donors (Lipinski definition) is 3. The second kappa shape index (κ2) is 17.2. The van der Waals surface area contributed by atoms with Gasteiger partial charge in [0.25, 0.3) is 17.9 Å². The first-order valence-corrected chi connectivity index (χ1v) is 2.78. The van der Waals surface area contributed by atoms with Crippen LogP contribution in [0.1, 0.15) is 20.8 Å². The molecule has 80 valence electrons. The molecule has 0 unspecified atom stereocenters. The maximum absolute atomic E-state index is 9.00. The number of aliphatic carboxylic acids is 3. The molecular formula is C6H12O6Ru. The summed E-state index contributed by atoms with van der Waals surface area (Å²) in [5.41, 5.74) is 0. The molecule has 0 atom stereocenters. The first kappa shape index (κ1) is 22.7. The van der Waals surface area contributed by atoms with Crippen molar-refractivity contribution in [3.05, 3.63) is 0 Å². The van der Waals surface area contributed by atoms with Crippen molar-refractivity contribution in [2.45, 2.75) is 20.8 Å². The van der Waals surface area contributed by atoms with Crippen molar-refractivity contribution in [3.63, 3.8) is 0 Å². The summed E-state index contributed by atoms with van der Waals surface area (Å²) in [6, 6.07) is 0. The molecule has 0 aromatic heterocycles. The van der Waals surface area contributed by atoms with Gasteiger partial charge in [-0.3, -0.25) is 14.4 Å². The van der Waals surface area contributed by atoms with Gasteiger partial charge in [0.1, 0.15) is 0 Å². The largest absolute Gasteiger partial charge is 0.481 e. The van der Waals surface area contributed by atoms with Gasteiger partial charge >= 0.3 is 0 Å². The van der Waals surface area contributed by atoms with Crippen LogP contribution < -0.4 is 0 Å². The Bertz CT molecular complexity index is 115. The summed E-state index contributed by atoms with van der Waals surface area (Å²) in [5.74, 6) is -2.50. The average Bonchev–Trinajstić information content (AvgIpc) is 1.54. The molecular weight excluding hydrogens is 269 g/mol. The average molecular weight is 281 g/mol. The Hall–Kier alpha value is -0.967. The quantitative estimate of drug-likeness (QED) is 0.549. The van der Waals surface area contributed by atoms with E-state index in [0.29, 0.717) is 0 Å². The molecule has 0 aromatic carbocycles. The molecule has 0 aliphatic rings. The van der Waals surface area contributed by atoms with Crippen molar-refractivity contribution in [1.82, 2.24) is 0 Å². The van der Waals surface area contributed by atoms with Crippen LogP contribution in [0, 0.1) is 0 Å². The zero-order valence-electron chi connectivity index (χ0n) is 7.42. The molecule has 0 radical (unpaired) electrons. The third kappa shape index (κ3) is 964. The molecule has 0 rings (SSSR count). The number of hydrogen-bond acceptors (Lipinski definition) is 3. The Labute approximate surface area is 88.3 Å². The summed E-state index contributed by atoms with van der Waals surface area (Å²) in [6.45, 7) is 3.25. The summed E-state index contributed by atoms with van der Waals surface area (Å²) >= 11 is 0. The van der Waals surface area contributed by atoms with Crippen LogP contribution in [0.5, 0.6) is 0 Å². The van der Waals surface area contributed by atoms with Crippen molar-refractivity contribution in [3.8, 4) is 0 Å². The molecule has 0 heterocycles. The first-order chi connectivity index (χ1) is 5.20. The maximum atomic E-state index is 9.00. The molecule has 7 heteroatoms. The van der Waals surface area contributed by atoms with Crippen LogP contribution in [0.4, 0.5) is 0 Å². The second-order valence-electron chi connectivity index (χ2n) is 1.56. The smallest absolute Gasteiger partial charge is 0.300 e. The fourth-order valence-corrected chi connectivity index (χ4v) is 0. The molecule has 0 spiro atoms. The van der Waals surface area contributed by atoms with Crippen molar-refractivity contribution in [2.24, 2.45) is 0 Å². The molecule has 6 nitrogen and oxygen atoms in total. The monoisotopic (exact) mass is 282 g/mol. The van der Waals surface area contributed by atoms with Gasteiger partial charge in [0.2, 0.25) is 0 Å². The topological polar surface area (TPSA) is 112 Å². The van der Waals surface area contributed by atoms with Gasteiger partial charge in [-0.2, -0.15) is 0 Å². The molecule has 0 bridgehead atoms. The van der Waals surface area contributed by atoms with Gasteiger partial charge in [0.05, 0.1) is 0 Å². The van der Waals surface area contributed by atoms with Crippen LogP contribution in [0.15, 0.2) is 0 Å². The van der Waals surface area contributed by atoms with Crippen LogP contribution in [-0.4, -0.2) is 33.2 Å². The van der Waals surface area contributed by atoms with E-state index in [1.54, 1.807) is 0 Å². The third-order valence-corrected chi connectivity index (χ3v) is 0. The van der Waals surface area contributed by atoms with E-state index in [1.165, 1.54) is 0 Å². The van der Waals surface area contributed by atoms with E-state index in [1.807, 2.05) is 0 Å². The molecule has 3 N–H and O–H groups in total. The van der Waals surface area contributed by atoms with E-state index in [2.05, 4.69) is 0 Å². The van der Waals surface area contributed by atoms with Crippen molar-refractivity contribution in [1.29, 1.82) is 0 Å². The molecule has 0 aliphatic carbocycles. The third-order valence-electron chi connectivity index (χ3n) is 0. The van der Waals surface area contributed by atoms with Crippen LogP contribution in [-0.2, 0) is 33.9 Å². The predicted octanol–water partition coefficient (Wildman–Crippen LogP) is 0.270. The standard InChI is InChI=1S/3C2H4O2.Ru/c3*1-2(3)4;/h3*1H3,(H,3,4);. The summed E-state index contributed by atoms with van der Waals surface area (Å²) in [4.78, 5) is 27.0. The van der Waals surface area contributed by atoms with Gasteiger partial charge in [-0.25, -0.2) is 0 Å². The molecule has 0 saturated heterocycles. The van der Waals surface area contributed by atoms with Crippen LogP contribution >= 0.6 is 0 Å². The SMILES string of the molecule is CC(=O)O.CC(=O)O.CC(=O)O.[Ru]. The normalized spacial score (nSPS) is 5.77. The number of rotatable bonds is 0. The summed E-state index contributed by atoms with van der Waals surface area (Å²) < 4.78 is 0. The Morgan fingerprint density at radius 2 is 0.692 bits per heavy atom. The second-order valence-corrected chi connectivity index (χ2v) is 1.56. The van der Waals surface area contributed by atoms with E-state index in [4.69, 9.17) is 29.7 Å². The minimum Gasteiger partial charge on any atom is -0.481 e. The Kier molecular flexibility index (Phi) is 30.1. The van der Waals surface area contributed by atoms with E-state index in [9.17, 15) is 0 Å². The zero-order chi connectivity index (χ0) is 10.7. The molecule has 0 saturated carbocycles. The van der Waals surface area contributed by atoms with Gasteiger partial charge in [0.15, 0.2) is 0 Å². The van der Waals surface area contributed by atoms with E-state index in [0.717, 1.165) is 20.8 Å². The van der Waals surface area contributed by atoms with E-state index >= 15 is 0 Å².